The zero-order chi connectivity index (χ0) is 7.41. The van der Waals surface area contributed by atoms with Crippen LogP contribution in [0, 0.1) is 5.41 Å². The number of β-lactam (4-membered cyclic amide) rings is 1. The first kappa shape index (κ1) is 6.20. The highest BCUT2D eigenvalue weighted by Crippen LogP contribution is 2.52. The van der Waals surface area contributed by atoms with E-state index < -0.39 is 0 Å². The molecule has 1 saturated heterocycles. The van der Waals surface area contributed by atoms with Crippen LogP contribution >= 0.6 is 0 Å². The van der Waals surface area contributed by atoms with Gasteiger partial charge in [0.05, 0.1) is 11.0 Å². The summed E-state index contributed by atoms with van der Waals surface area (Å²) in [4.78, 5) is 11.0. The topological polar surface area (TPSA) is 29.1 Å². The molecule has 0 atom stereocenters. The molecule has 1 spiro atoms. The van der Waals surface area contributed by atoms with Crippen molar-refractivity contribution < 1.29 is 4.79 Å². The average Bonchev–Trinajstić information content (AvgIpc) is 1.77. The first-order chi connectivity index (χ1) is 4.58. The van der Waals surface area contributed by atoms with Crippen LogP contribution < -0.4 is 5.32 Å². The van der Waals surface area contributed by atoms with Crippen molar-refractivity contribution >= 4 is 5.91 Å². The van der Waals surface area contributed by atoms with E-state index in [1.165, 1.54) is 19.3 Å². The van der Waals surface area contributed by atoms with E-state index in [-0.39, 0.29) is 16.9 Å². The predicted molar refractivity (Wildman–Crippen MR) is 38.5 cm³/mol. The largest absolute Gasteiger partial charge is 0.349 e. The molecule has 0 unspecified atom stereocenters. The van der Waals surface area contributed by atoms with Crippen LogP contribution in [0.4, 0.5) is 0 Å². The standard InChI is InChI=1S/C8H13NO/c1-7(2)6(10)9-8(7)4-3-5-8/h3-5H2,1-2H3,(H,9,10). The summed E-state index contributed by atoms with van der Waals surface area (Å²) in [5.41, 5.74) is 0.134. The van der Waals surface area contributed by atoms with Crippen molar-refractivity contribution in [2.75, 3.05) is 0 Å². The zero-order valence-corrected chi connectivity index (χ0v) is 6.53. The molecule has 10 heavy (non-hydrogen) atoms. The second-order valence-corrected chi connectivity index (χ2v) is 4.01. The van der Waals surface area contributed by atoms with E-state index in [4.69, 9.17) is 0 Å². The van der Waals surface area contributed by atoms with Crippen LogP contribution in [-0.4, -0.2) is 11.4 Å². The van der Waals surface area contributed by atoms with E-state index in [2.05, 4.69) is 5.32 Å². The normalized spacial score (nSPS) is 32.4. The monoisotopic (exact) mass is 139 g/mol. The van der Waals surface area contributed by atoms with Gasteiger partial charge in [0.2, 0.25) is 5.91 Å². The van der Waals surface area contributed by atoms with E-state index >= 15 is 0 Å². The van der Waals surface area contributed by atoms with Crippen LogP contribution in [-0.2, 0) is 4.79 Å². The van der Waals surface area contributed by atoms with Crippen molar-refractivity contribution in [1.82, 2.24) is 5.32 Å². The highest BCUT2D eigenvalue weighted by atomic mass is 16.2. The smallest absolute Gasteiger partial charge is 0.228 e. The summed E-state index contributed by atoms with van der Waals surface area (Å²) in [6, 6.07) is 0. The van der Waals surface area contributed by atoms with Gasteiger partial charge in [-0.05, 0) is 33.1 Å². The SMILES string of the molecule is CC1(C)C(=O)NC12CCC2. The molecule has 1 amide bonds. The molecular weight excluding hydrogens is 126 g/mol. The van der Waals surface area contributed by atoms with Crippen molar-refractivity contribution in [3.63, 3.8) is 0 Å². The van der Waals surface area contributed by atoms with Gasteiger partial charge in [-0.1, -0.05) is 0 Å². The lowest BCUT2D eigenvalue weighted by atomic mass is 9.54. The molecule has 1 aliphatic carbocycles. The lowest BCUT2D eigenvalue weighted by molar-refractivity contribution is -0.160. The lowest BCUT2D eigenvalue weighted by Gasteiger charge is -2.60. The predicted octanol–water partition coefficient (Wildman–Crippen LogP) is 1.07. The van der Waals surface area contributed by atoms with E-state index in [9.17, 15) is 4.79 Å². The Hall–Kier alpha value is -0.530. The van der Waals surface area contributed by atoms with Crippen LogP contribution in [0.3, 0.4) is 0 Å². The van der Waals surface area contributed by atoms with Crippen LogP contribution in [0.2, 0.25) is 0 Å². The summed E-state index contributed by atoms with van der Waals surface area (Å²) in [7, 11) is 0. The van der Waals surface area contributed by atoms with Gasteiger partial charge in [0.1, 0.15) is 0 Å². The average molecular weight is 139 g/mol. The number of hydrogen-bond acceptors (Lipinski definition) is 1. The Balaban J connectivity index is 2.22. The molecule has 0 bridgehead atoms. The Morgan fingerprint density at radius 1 is 1.40 bits per heavy atom. The number of hydrogen-bond donors (Lipinski definition) is 1. The maximum atomic E-state index is 11.0. The van der Waals surface area contributed by atoms with Gasteiger partial charge in [-0.2, -0.15) is 0 Å². The number of carbonyl (C=O) groups excluding carboxylic acids is 1. The van der Waals surface area contributed by atoms with E-state index in [1.54, 1.807) is 0 Å². The van der Waals surface area contributed by atoms with Gasteiger partial charge in [-0.25, -0.2) is 0 Å². The van der Waals surface area contributed by atoms with Gasteiger partial charge in [0.15, 0.2) is 0 Å². The van der Waals surface area contributed by atoms with Crippen LogP contribution in [0.25, 0.3) is 0 Å². The van der Waals surface area contributed by atoms with Gasteiger partial charge < -0.3 is 5.32 Å². The fraction of sp³-hybridized carbons (Fsp3) is 0.875. The highest BCUT2D eigenvalue weighted by molar-refractivity contribution is 5.91. The Kier molecular flexibility index (Phi) is 0.859. The van der Waals surface area contributed by atoms with Gasteiger partial charge in [0.25, 0.3) is 0 Å². The molecule has 2 fully saturated rings. The molecule has 2 aliphatic rings. The minimum absolute atomic E-state index is 0.0781. The third kappa shape index (κ3) is 0.414. The van der Waals surface area contributed by atoms with Crippen molar-refractivity contribution in [1.29, 1.82) is 0 Å². The van der Waals surface area contributed by atoms with Gasteiger partial charge >= 0.3 is 0 Å². The molecule has 1 heterocycles. The fourth-order valence-electron chi connectivity index (χ4n) is 1.96. The van der Waals surface area contributed by atoms with Crippen molar-refractivity contribution in [2.45, 2.75) is 38.6 Å². The summed E-state index contributed by atoms with van der Waals surface area (Å²) in [6.45, 7) is 4.09. The minimum Gasteiger partial charge on any atom is -0.349 e. The van der Waals surface area contributed by atoms with Crippen molar-refractivity contribution in [3.05, 3.63) is 0 Å². The quantitative estimate of drug-likeness (QED) is 0.500. The summed E-state index contributed by atoms with van der Waals surface area (Å²) in [6.07, 6.45) is 3.65. The molecule has 1 saturated carbocycles. The molecule has 2 rings (SSSR count). The Bertz CT molecular complexity index is 191. The second kappa shape index (κ2) is 1.39. The molecule has 2 nitrogen and oxygen atoms in total. The highest BCUT2D eigenvalue weighted by Gasteiger charge is 2.62. The molecule has 2 heteroatoms. The molecule has 0 aromatic carbocycles. The van der Waals surface area contributed by atoms with Gasteiger partial charge in [-0.3, -0.25) is 4.79 Å². The number of nitrogens with one attached hydrogen (secondary N) is 1. The Morgan fingerprint density at radius 3 is 2.10 bits per heavy atom. The third-order valence-corrected chi connectivity index (χ3v) is 3.32. The first-order valence-electron chi connectivity index (χ1n) is 3.91. The van der Waals surface area contributed by atoms with Crippen LogP contribution in [0.5, 0.6) is 0 Å². The maximum Gasteiger partial charge on any atom is 0.228 e. The summed E-state index contributed by atoms with van der Waals surface area (Å²) in [5.74, 6) is 0.229. The van der Waals surface area contributed by atoms with Crippen molar-refractivity contribution in [2.24, 2.45) is 5.41 Å². The van der Waals surface area contributed by atoms with E-state index in [1.807, 2.05) is 13.8 Å². The maximum absolute atomic E-state index is 11.0. The molecule has 0 aromatic rings. The fourth-order valence-corrected chi connectivity index (χ4v) is 1.96. The molecular formula is C8H13NO. The lowest BCUT2D eigenvalue weighted by Crippen LogP contribution is -2.77. The van der Waals surface area contributed by atoms with Gasteiger partial charge in [0, 0.05) is 0 Å². The number of amides is 1. The summed E-state index contributed by atoms with van der Waals surface area (Å²) >= 11 is 0. The molecule has 1 N–H and O–H groups in total. The van der Waals surface area contributed by atoms with Crippen LogP contribution in [0.15, 0.2) is 0 Å². The molecule has 0 aromatic heterocycles. The molecule has 56 valence electrons. The minimum atomic E-state index is -0.0781. The second-order valence-electron chi connectivity index (χ2n) is 4.01. The Morgan fingerprint density at radius 2 is 2.00 bits per heavy atom. The summed E-state index contributed by atoms with van der Waals surface area (Å²) < 4.78 is 0. The van der Waals surface area contributed by atoms with Gasteiger partial charge in [-0.15, -0.1) is 0 Å². The van der Waals surface area contributed by atoms with Crippen molar-refractivity contribution in [3.8, 4) is 0 Å². The summed E-state index contributed by atoms with van der Waals surface area (Å²) in [5, 5.41) is 3.01. The van der Waals surface area contributed by atoms with E-state index in [0.29, 0.717) is 0 Å². The Labute approximate surface area is 61.0 Å². The number of carbonyl (C=O) groups is 1. The molecule has 0 radical (unpaired) electrons. The molecule has 1 aliphatic heterocycles. The number of rotatable bonds is 0. The van der Waals surface area contributed by atoms with E-state index in [0.717, 1.165) is 0 Å². The first-order valence-corrected chi connectivity index (χ1v) is 3.91. The van der Waals surface area contributed by atoms with Crippen LogP contribution in [0.1, 0.15) is 33.1 Å². The third-order valence-electron chi connectivity index (χ3n) is 3.32. The zero-order valence-electron chi connectivity index (χ0n) is 6.53.